The lowest BCUT2D eigenvalue weighted by molar-refractivity contribution is 0.285. The molecule has 2 nitrogen and oxygen atoms in total. The zero-order valence-corrected chi connectivity index (χ0v) is 11.2. The molecule has 1 heterocycles. The van der Waals surface area contributed by atoms with E-state index in [4.69, 9.17) is 0 Å². The van der Waals surface area contributed by atoms with Gasteiger partial charge in [-0.15, -0.1) is 0 Å². The maximum Gasteiger partial charge on any atom is 0.184 e. The molecule has 1 atom stereocenters. The van der Waals surface area contributed by atoms with Crippen LogP contribution in [0.5, 0.6) is 0 Å². The van der Waals surface area contributed by atoms with Crippen LogP contribution in [-0.4, -0.2) is 11.0 Å². The maximum absolute atomic E-state index is 4.66. The number of nitrogens with one attached hydrogen (secondary N) is 1. The van der Waals surface area contributed by atoms with Crippen LogP contribution in [0.1, 0.15) is 31.7 Å². The average Bonchev–Trinajstić information content (AvgIpc) is 2.55. The molecule has 0 bridgehead atoms. The first-order valence-corrected chi connectivity index (χ1v) is 7.18. The van der Waals surface area contributed by atoms with Crippen molar-refractivity contribution in [1.29, 1.82) is 0 Å². The Labute approximate surface area is 106 Å². The van der Waals surface area contributed by atoms with Crippen LogP contribution in [0.15, 0.2) is 18.2 Å². The van der Waals surface area contributed by atoms with Gasteiger partial charge >= 0.3 is 0 Å². The number of anilines is 1. The highest BCUT2D eigenvalue weighted by Gasteiger charge is 2.24. The van der Waals surface area contributed by atoms with Crippen LogP contribution in [0, 0.1) is 12.8 Å². The molecule has 1 aliphatic rings. The van der Waals surface area contributed by atoms with Crippen molar-refractivity contribution in [3.05, 3.63) is 23.8 Å². The second-order valence-corrected chi connectivity index (χ2v) is 6.14. The highest BCUT2D eigenvalue weighted by atomic mass is 32.1. The van der Waals surface area contributed by atoms with E-state index in [-0.39, 0.29) is 0 Å². The van der Waals surface area contributed by atoms with E-state index in [1.807, 2.05) is 0 Å². The largest absolute Gasteiger partial charge is 0.359 e. The van der Waals surface area contributed by atoms with Crippen molar-refractivity contribution in [3.8, 4) is 0 Å². The zero-order valence-electron chi connectivity index (χ0n) is 10.4. The van der Waals surface area contributed by atoms with Crippen molar-refractivity contribution in [2.24, 2.45) is 5.92 Å². The summed E-state index contributed by atoms with van der Waals surface area (Å²) in [5, 5.41) is 4.63. The SMILES string of the molecule is Cc1ccc2sc(NC(C)C3CCC3)nc2c1. The molecule has 0 saturated heterocycles. The molecule has 0 radical (unpaired) electrons. The Hall–Kier alpha value is -1.09. The normalized spacial score (nSPS) is 18.0. The lowest BCUT2D eigenvalue weighted by atomic mass is 9.80. The van der Waals surface area contributed by atoms with Gasteiger partial charge in [0.2, 0.25) is 0 Å². The fourth-order valence-electron chi connectivity index (χ4n) is 2.35. The van der Waals surface area contributed by atoms with E-state index in [2.05, 4.69) is 42.3 Å². The van der Waals surface area contributed by atoms with E-state index in [1.54, 1.807) is 11.3 Å². The van der Waals surface area contributed by atoms with Crippen LogP contribution in [-0.2, 0) is 0 Å². The molecule has 1 aromatic carbocycles. The lowest BCUT2D eigenvalue weighted by Crippen LogP contribution is -2.30. The number of fused-ring (bicyclic) bond motifs is 1. The van der Waals surface area contributed by atoms with Crippen molar-refractivity contribution in [2.45, 2.75) is 39.2 Å². The van der Waals surface area contributed by atoms with Crippen LogP contribution in [0.2, 0.25) is 0 Å². The van der Waals surface area contributed by atoms with E-state index < -0.39 is 0 Å². The van der Waals surface area contributed by atoms with Crippen LogP contribution in [0.4, 0.5) is 5.13 Å². The third-order valence-corrected chi connectivity index (χ3v) is 4.72. The minimum absolute atomic E-state index is 0.561. The molecule has 90 valence electrons. The Morgan fingerprint density at radius 1 is 1.41 bits per heavy atom. The number of hydrogen-bond donors (Lipinski definition) is 1. The highest BCUT2D eigenvalue weighted by Crippen LogP contribution is 2.33. The average molecular weight is 246 g/mol. The molecule has 1 aliphatic carbocycles. The van der Waals surface area contributed by atoms with Gasteiger partial charge < -0.3 is 5.32 Å². The lowest BCUT2D eigenvalue weighted by Gasteiger charge is -2.31. The van der Waals surface area contributed by atoms with Gasteiger partial charge in [-0.25, -0.2) is 4.98 Å². The van der Waals surface area contributed by atoms with Crippen molar-refractivity contribution >= 4 is 26.7 Å². The molecule has 1 N–H and O–H groups in total. The number of aryl methyl sites for hydroxylation is 1. The third kappa shape index (κ3) is 2.16. The van der Waals surface area contributed by atoms with Crippen molar-refractivity contribution < 1.29 is 0 Å². The molecular weight excluding hydrogens is 228 g/mol. The molecule has 1 saturated carbocycles. The van der Waals surface area contributed by atoms with Crippen molar-refractivity contribution in [2.75, 3.05) is 5.32 Å². The summed E-state index contributed by atoms with van der Waals surface area (Å²) in [5.41, 5.74) is 2.40. The summed E-state index contributed by atoms with van der Waals surface area (Å²) in [6.45, 7) is 4.39. The summed E-state index contributed by atoms with van der Waals surface area (Å²) in [6.07, 6.45) is 4.14. The number of thiazole rings is 1. The molecule has 0 spiro atoms. The topological polar surface area (TPSA) is 24.9 Å². The summed E-state index contributed by atoms with van der Waals surface area (Å²) >= 11 is 1.76. The van der Waals surface area contributed by atoms with Gasteiger partial charge in [-0.3, -0.25) is 0 Å². The number of nitrogens with zero attached hydrogens (tertiary/aromatic N) is 1. The monoisotopic (exact) mass is 246 g/mol. The second-order valence-electron chi connectivity index (χ2n) is 5.11. The van der Waals surface area contributed by atoms with Gasteiger partial charge in [0.1, 0.15) is 0 Å². The van der Waals surface area contributed by atoms with Gasteiger partial charge in [-0.2, -0.15) is 0 Å². The zero-order chi connectivity index (χ0) is 11.8. The van der Waals surface area contributed by atoms with E-state index in [9.17, 15) is 0 Å². The molecule has 3 heteroatoms. The minimum atomic E-state index is 0.561. The quantitative estimate of drug-likeness (QED) is 0.877. The van der Waals surface area contributed by atoms with E-state index >= 15 is 0 Å². The summed E-state index contributed by atoms with van der Waals surface area (Å²) in [6, 6.07) is 7.04. The Kier molecular flexibility index (Phi) is 2.79. The fourth-order valence-corrected chi connectivity index (χ4v) is 3.29. The maximum atomic E-state index is 4.66. The summed E-state index contributed by atoms with van der Waals surface area (Å²) < 4.78 is 1.28. The molecule has 3 rings (SSSR count). The molecule has 1 unspecified atom stereocenters. The van der Waals surface area contributed by atoms with E-state index in [0.717, 1.165) is 16.6 Å². The molecule has 1 aromatic heterocycles. The molecule has 0 amide bonds. The van der Waals surface area contributed by atoms with Gasteiger partial charge in [0.25, 0.3) is 0 Å². The first kappa shape index (κ1) is 11.0. The number of rotatable bonds is 3. The Morgan fingerprint density at radius 3 is 2.94 bits per heavy atom. The van der Waals surface area contributed by atoms with Crippen LogP contribution in [0.25, 0.3) is 10.2 Å². The minimum Gasteiger partial charge on any atom is -0.359 e. The van der Waals surface area contributed by atoms with E-state index in [1.165, 1.54) is 29.5 Å². The number of benzene rings is 1. The van der Waals surface area contributed by atoms with Gasteiger partial charge in [0.05, 0.1) is 10.2 Å². The van der Waals surface area contributed by atoms with Crippen molar-refractivity contribution in [1.82, 2.24) is 4.98 Å². The number of hydrogen-bond acceptors (Lipinski definition) is 3. The second kappa shape index (κ2) is 4.30. The highest BCUT2D eigenvalue weighted by molar-refractivity contribution is 7.22. The first-order chi connectivity index (χ1) is 8.22. The van der Waals surface area contributed by atoms with Crippen LogP contribution >= 0.6 is 11.3 Å². The fraction of sp³-hybridized carbons (Fsp3) is 0.500. The molecule has 2 aromatic rings. The van der Waals surface area contributed by atoms with Crippen LogP contribution in [0.3, 0.4) is 0 Å². The number of aromatic nitrogens is 1. The van der Waals surface area contributed by atoms with Crippen molar-refractivity contribution in [3.63, 3.8) is 0 Å². The molecule has 0 aliphatic heterocycles. The van der Waals surface area contributed by atoms with E-state index in [0.29, 0.717) is 6.04 Å². The third-order valence-electron chi connectivity index (χ3n) is 3.75. The predicted molar refractivity (Wildman–Crippen MR) is 74.8 cm³/mol. The molecule has 17 heavy (non-hydrogen) atoms. The Balaban J connectivity index is 1.80. The smallest absolute Gasteiger partial charge is 0.184 e. The summed E-state index contributed by atoms with van der Waals surface area (Å²) in [5.74, 6) is 0.851. The van der Waals surface area contributed by atoms with Gasteiger partial charge in [0, 0.05) is 6.04 Å². The van der Waals surface area contributed by atoms with Gasteiger partial charge in [0.15, 0.2) is 5.13 Å². The standard InChI is InChI=1S/C14H18N2S/c1-9-6-7-13-12(8-9)16-14(17-13)15-10(2)11-4-3-5-11/h6-8,10-11H,3-5H2,1-2H3,(H,15,16). The summed E-state index contributed by atoms with van der Waals surface area (Å²) in [7, 11) is 0. The van der Waals surface area contributed by atoms with Gasteiger partial charge in [-0.1, -0.05) is 23.8 Å². The molecular formula is C14H18N2S. The first-order valence-electron chi connectivity index (χ1n) is 6.36. The predicted octanol–water partition coefficient (Wildman–Crippen LogP) is 4.21. The van der Waals surface area contributed by atoms with Gasteiger partial charge in [-0.05, 0) is 50.3 Å². The summed E-state index contributed by atoms with van der Waals surface area (Å²) in [4.78, 5) is 4.66. The van der Waals surface area contributed by atoms with Crippen LogP contribution < -0.4 is 5.32 Å². The molecule has 1 fully saturated rings. The Bertz CT molecular complexity index is 528. The Morgan fingerprint density at radius 2 is 2.24 bits per heavy atom.